The Morgan fingerprint density at radius 1 is 0.680 bits per heavy atom. The Morgan fingerprint density at radius 2 is 1.28 bits per heavy atom. The fourth-order valence-electron chi connectivity index (χ4n) is 3.37. The number of rotatable bonds is 1. The van der Waals surface area contributed by atoms with Gasteiger partial charge in [0, 0.05) is 20.2 Å². The van der Waals surface area contributed by atoms with Gasteiger partial charge in [-0.1, -0.05) is 75.4 Å². The van der Waals surface area contributed by atoms with Gasteiger partial charge in [0.2, 0.25) is 0 Å². The highest BCUT2D eigenvalue weighted by atomic mass is 79.9. The third-order valence-electron chi connectivity index (χ3n) is 4.43. The zero-order valence-corrected chi connectivity index (χ0v) is 18.8. The fourth-order valence-corrected chi connectivity index (χ4v) is 4.50. The van der Waals surface area contributed by atoms with Gasteiger partial charge < -0.3 is 0 Å². The zero-order valence-electron chi connectivity index (χ0n) is 14.9. The van der Waals surface area contributed by atoms with E-state index in [1.165, 1.54) is 36.9 Å². The van der Waals surface area contributed by atoms with Crippen molar-refractivity contribution in [2.45, 2.75) is 26.2 Å². The molecule has 4 aromatic rings. The van der Waals surface area contributed by atoms with Crippen molar-refractivity contribution in [3.05, 3.63) is 72.3 Å². The Bertz CT molecular complexity index is 1010. The van der Waals surface area contributed by atoms with Gasteiger partial charge in [0.15, 0.2) is 0 Å². The molecule has 1 aromatic heterocycles. The molecule has 0 saturated carbocycles. The molecule has 3 heteroatoms. The van der Waals surface area contributed by atoms with Gasteiger partial charge in [-0.25, -0.2) is 0 Å². The van der Waals surface area contributed by atoms with E-state index < -0.39 is 0 Å². The monoisotopic (exact) mass is 430 g/mol. The summed E-state index contributed by atoms with van der Waals surface area (Å²) in [5.41, 5.74) is 4.24. The first-order valence-electron chi connectivity index (χ1n) is 8.06. The van der Waals surface area contributed by atoms with Crippen LogP contribution in [0.4, 0.5) is 0 Å². The number of benzene rings is 3. The molecule has 0 fully saturated rings. The van der Waals surface area contributed by atoms with Crippen LogP contribution in [0, 0.1) is 0 Å². The van der Waals surface area contributed by atoms with Gasteiger partial charge in [-0.3, -0.25) is 0 Å². The fraction of sp³-hybridized carbons (Fsp3) is 0.182. The summed E-state index contributed by atoms with van der Waals surface area (Å²) >= 11 is 1.88. The summed E-state index contributed by atoms with van der Waals surface area (Å²) in [6, 6.07) is 24.3. The lowest BCUT2D eigenvalue weighted by molar-refractivity contribution is 0.592. The van der Waals surface area contributed by atoms with Crippen molar-refractivity contribution in [3.8, 4) is 11.1 Å². The Morgan fingerprint density at radius 3 is 2.04 bits per heavy atom. The van der Waals surface area contributed by atoms with E-state index in [-0.39, 0.29) is 32.3 Å². The van der Waals surface area contributed by atoms with E-state index in [4.69, 9.17) is 0 Å². The Kier molecular flexibility index (Phi) is 6.09. The van der Waals surface area contributed by atoms with E-state index in [1.807, 2.05) is 11.3 Å². The minimum Gasteiger partial charge on any atom is -0.153 e. The first-order chi connectivity index (χ1) is 11.1. The molecular formula is C22H24BrPS. The van der Waals surface area contributed by atoms with Crippen LogP contribution in [0.5, 0.6) is 0 Å². The molecule has 0 bridgehead atoms. The van der Waals surface area contributed by atoms with Crippen molar-refractivity contribution >= 4 is 58.4 Å². The second kappa shape index (κ2) is 7.58. The van der Waals surface area contributed by atoms with E-state index in [9.17, 15) is 0 Å². The molecule has 0 amide bonds. The second-order valence-electron chi connectivity index (χ2n) is 7.07. The molecule has 3 aromatic carbocycles. The smallest absolute Gasteiger partial charge is 0.0361 e. The maximum Gasteiger partial charge on any atom is 0.0361 e. The summed E-state index contributed by atoms with van der Waals surface area (Å²) < 4.78 is 2.73. The number of hydrogen-bond acceptors (Lipinski definition) is 1. The summed E-state index contributed by atoms with van der Waals surface area (Å²) in [5, 5.41) is 2.76. The van der Waals surface area contributed by atoms with Crippen molar-refractivity contribution in [2.24, 2.45) is 0 Å². The Balaban J connectivity index is 0.00000113. The van der Waals surface area contributed by atoms with Crippen molar-refractivity contribution < 1.29 is 0 Å². The number of thiophene rings is 1. The number of fused-ring (bicyclic) bond motifs is 3. The van der Waals surface area contributed by atoms with Crippen molar-refractivity contribution in [1.29, 1.82) is 0 Å². The number of hydrogen-bond donors (Lipinski definition) is 0. The molecule has 0 radical (unpaired) electrons. The van der Waals surface area contributed by atoms with Crippen LogP contribution in [-0.4, -0.2) is 0 Å². The zero-order chi connectivity index (χ0) is 16.0. The average molecular weight is 431 g/mol. The van der Waals surface area contributed by atoms with Crippen LogP contribution in [-0.2, 0) is 5.41 Å². The quantitative estimate of drug-likeness (QED) is 0.272. The summed E-state index contributed by atoms with van der Waals surface area (Å²) in [6.07, 6.45) is 0. The predicted molar refractivity (Wildman–Crippen MR) is 125 cm³/mol. The summed E-state index contributed by atoms with van der Waals surface area (Å²) in [5.74, 6) is 0. The molecule has 0 aliphatic carbocycles. The van der Waals surface area contributed by atoms with Gasteiger partial charge in [0.1, 0.15) is 0 Å². The van der Waals surface area contributed by atoms with Gasteiger partial charge in [-0.2, -0.15) is 9.90 Å². The molecule has 0 aliphatic heterocycles. The Labute approximate surface area is 167 Å². The summed E-state index contributed by atoms with van der Waals surface area (Å²) in [4.78, 5) is 0. The van der Waals surface area contributed by atoms with Crippen LogP contribution in [0.1, 0.15) is 26.3 Å². The van der Waals surface area contributed by atoms with Crippen molar-refractivity contribution in [1.82, 2.24) is 0 Å². The summed E-state index contributed by atoms with van der Waals surface area (Å²) in [6.45, 7) is 6.87. The molecule has 1 unspecified atom stereocenters. The molecule has 0 saturated heterocycles. The highest BCUT2D eigenvalue weighted by molar-refractivity contribution is 8.93. The molecular weight excluding hydrogens is 407 g/mol. The van der Waals surface area contributed by atoms with Crippen LogP contribution in [0.3, 0.4) is 0 Å². The van der Waals surface area contributed by atoms with E-state index >= 15 is 0 Å². The van der Waals surface area contributed by atoms with Crippen LogP contribution in [0.25, 0.3) is 31.3 Å². The maximum absolute atomic E-state index is 2.29. The summed E-state index contributed by atoms with van der Waals surface area (Å²) in [7, 11) is 0. The van der Waals surface area contributed by atoms with Crippen LogP contribution >= 0.6 is 38.2 Å². The van der Waals surface area contributed by atoms with Gasteiger partial charge in [-0.15, -0.1) is 28.3 Å². The first kappa shape index (κ1) is 20.1. The van der Waals surface area contributed by atoms with E-state index in [2.05, 4.69) is 87.5 Å². The SMILES string of the molecule is Br.CC(C)(C)c1ccccc1-c1cccc2sc3ccccc3c12.P. The lowest BCUT2D eigenvalue weighted by Gasteiger charge is -2.23. The minimum atomic E-state index is 0. The predicted octanol–water partition coefficient (Wildman–Crippen LogP) is 7.66. The molecule has 4 rings (SSSR count). The molecule has 0 aliphatic rings. The average Bonchev–Trinajstić information content (AvgIpc) is 2.92. The molecule has 0 N–H and O–H groups in total. The second-order valence-corrected chi connectivity index (χ2v) is 8.16. The van der Waals surface area contributed by atoms with Crippen molar-refractivity contribution in [2.75, 3.05) is 0 Å². The lowest BCUT2D eigenvalue weighted by atomic mass is 9.81. The normalized spacial score (nSPS) is 11.2. The van der Waals surface area contributed by atoms with E-state index in [0.29, 0.717) is 0 Å². The minimum absolute atomic E-state index is 0. The molecule has 130 valence electrons. The van der Waals surface area contributed by atoms with Crippen LogP contribution < -0.4 is 0 Å². The van der Waals surface area contributed by atoms with Gasteiger partial charge >= 0.3 is 0 Å². The lowest BCUT2D eigenvalue weighted by Crippen LogP contribution is -2.12. The third-order valence-corrected chi connectivity index (χ3v) is 5.56. The maximum atomic E-state index is 2.29. The number of halogens is 1. The Hall–Kier alpha value is -1.21. The van der Waals surface area contributed by atoms with Gasteiger partial charge in [0.05, 0.1) is 0 Å². The highest BCUT2D eigenvalue weighted by Gasteiger charge is 2.20. The highest BCUT2D eigenvalue weighted by Crippen LogP contribution is 2.42. The first-order valence-corrected chi connectivity index (χ1v) is 8.87. The molecule has 25 heavy (non-hydrogen) atoms. The van der Waals surface area contributed by atoms with Gasteiger partial charge in [0.25, 0.3) is 0 Å². The van der Waals surface area contributed by atoms with Gasteiger partial charge in [-0.05, 0) is 34.2 Å². The molecule has 1 heterocycles. The van der Waals surface area contributed by atoms with E-state index in [0.717, 1.165) is 0 Å². The third kappa shape index (κ3) is 3.53. The standard InChI is InChI=1S/C22H20S.BrH.H3P/c1-22(2,3)18-12-6-4-9-15(18)16-11-8-14-20-21(16)17-10-5-7-13-19(17)23-20;;/h4-14H,1-3H3;1H;1H3. The molecule has 0 nitrogen and oxygen atoms in total. The van der Waals surface area contributed by atoms with Crippen LogP contribution in [0.15, 0.2) is 66.7 Å². The van der Waals surface area contributed by atoms with Crippen molar-refractivity contribution in [3.63, 3.8) is 0 Å². The van der Waals surface area contributed by atoms with Crippen LogP contribution in [0.2, 0.25) is 0 Å². The largest absolute Gasteiger partial charge is 0.153 e. The molecule has 0 spiro atoms. The van der Waals surface area contributed by atoms with E-state index in [1.54, 1.807) is 0 Å². The molecule has 1 atom stereocenters. The topological polar surface area (TPSA) is 0 Å².